The zero-order chi connectivity index (χ0) is 29.4. The van der Waals surface area contributed by atoms with E-state index in [1.54, 1.807) is 42.0 Å². The zero-order valence-corrected chi connectivity index (χ0v) is 23.7. The van der Waals surface area contributed by atoms with Crippen LogP contribution in [0.5, 0.6) is 0 Å². The second-order valence-electron chi connectivity index (χ2n) is 8.19. The Hall–Kier alpha value is -3.32. The molecular formula is C28H64N4O8+4. The summed E-state index contributed by atoms with van der Waals surface area (Å²) in [6.45, 7) is 17.4. The van der Waals surface area contributed by atoms with E-state index in [4.69, 9.17) is 4.74 Å². The second kappa shape index (κ2) is 35.7. The molecule has 0 saturated carbocycles. The number of carbonyl (C=O) groups excluding carboxylic acids is 4. The molecular weight excluding hydrogens is 520 g/mol. The van der Waals surface area contributed by atoms with Crippen LogP contribution < -0.4 is 19.9 Å². The lowest BCUT2D eigenvalue weighted by molar-refractivity contribution is -1.04. The molecule has 0 amide bonds. The first-order valence-electron chi connectivity index (χ1n) is 10.9. The Labute approximate surface area is 245 Å². The van der Waals surface area contributed by atoms with Crippen molar-refractivity contribution in [1.29, 1.82) is 0 Å². The highest BCUT2D eigenvalue weighted by Gasteiger charge is 2.06. The van der Waals surface area contributed by atoms with Crippen molar-refractivity contribution in [1.82, 2.24) is 0 Å². The van der Waals surface area contributed by atoms with Crippen LogP contribution in [0.1, 0.15) is 43.6 Å². The molecule has 12 heteroatoms. The van der Waals surface area contributed by atoms with Gasteiger partial charge in [-0.2, -0.15) is 0 Å². The van der Waals surface area contributed by atoms with Crippen molar-refractivity contribution < 1.29 is 58.3 Å². The van der Waals surface area contributed by atoms with Crippen molar-refractivity contribution in [2.75, 3.05) is 69.8 Å². The summed E-state index contributed by atoms with van der Waals surface area (Å²) >= 11 is 0. The molecule has 0 unspecified atom stereocenters. The Morgan fingerprint density at radius 3 is 1.10 bits per heavy atom. The SMILES string of the molecule is C.C.C.C.C=C(C)C(=O)OC[NH+](C)C.C=C(C)C(=O)O[NH+](C)C.C=CC(=O)OC[NH+](C)C.C=CC(=O)O[NH+](C)C. The third-order valence-electron chi connectivity index (χ3n) is 2.63. The van der Waals surface area contributed by atoms with Gasteiger partial charge < -0.3 is 19.3 Å². The Bertz CT molecular complexity index is 717. The summed E-state index contributed by atoms with van der Waals surface area (Å²) in [6.07, 6.45) is 2.29. The minimum atomic E-state index is -0.398. The maximum Gasteiger partial charge on any atom is 0.392 e. The van der Waals surface area contributed by atoms with Gasteiger partial charge >= 0.3 is 23.9 Å². The van der Waals surface area contributed by atoms with Gasteiger partial charge in [0.1, 0.15) is 28.2 Å². The van der Waals surface area contributed by atoms with Gasteiger partial charge in [0, 0.05) is 23.3 Å². The van der Waals surface area contributed by atoms with Gasteiger partial charge in [0.2, 0.25) is 13.5 Å². The summed E-state index contributed by atoms with van der Waals surface area (Å²) in [7, 11) is 14.5. The van der Waals surface area contributed by atoms with E-state index in [-0.39, 0.29) is 47.6 Å². The van der Waals surface area contributed by atoms with Crippen molar-refractivity contribution >= 4 is 23.9 Å². The molecule has 0 atom stereocenters. The molecule has 0 heterocycles. The largest absolute Gasteiger partial charge is 0.412 e. The number of ether oxygens (including phenoxy) is 2. The molecule has 0 spiro atoms. The van der Waals surface area contributed by atoms with Crippen LogP contribution in [0, 0.1) is 0 Å². The molecule has 240 valence electrons. The first-order chi connectivity index (χ1) is 16.4. The lowest BCUT2D eigenvalue weighted by Crippen LogP contribution is -3.06. The molecule has 0 aliphatic rings. The Kier molecular flexibility index (Phi) is 50.6. The highest BCUT2D eigenvalue weighted by molar-refractivity contribution is 5.87. The number of quaternary nitrogens is 4. The van der Waals surface area contributed by atoms with E-state index < -0.39 is 5.97 Å². The maximum absolute atomic E-state index is 10.7. The molecule has 0 saturated heterocycles. The summed E-state index contributed by atoms with van der Waals surface area (Å²) in [5.74, 6) is -1.43. The highest BCUT2D eigenvalue weighted by Crippen LogP contribution is 1.88. The molecule has 0 aliphatic carbocycles. The Morgan fingerprint density at radius 1 is 0.575 bits per heavy atom. The summed E-state index contributed by atoms with van der Waals surface area (Å²) in [5, 5.41) is 1.28. The molecule has 0 aromatic heterocycles. The van der Waals surface area contributed by atoms with Crippen LogP contribution in [0.2, 0.25) is 0 Å². The van der Waals surface area contributed by atoms with Crippen molar-refractivity contribution in [3.05, 3.63) is 49.6 Å². The number of carbonyl (C=O) groups is 4. The van der Waals surface area contributed by atoms with Gasteiger partial charge in [-0.1, -0.05) is 56.0 Å². The third-order valence-corrected chi connectivity index (χ3v) is 2.63. The molecule has 0 bridgehead atoms. The number of hydroxylamine groups is 4. The monoisotopic (exact) mass is 584 g/mol. The van der Waals surface area contributed by atoms with E-state index in [2.05, 4.69) is 40.7 Å². The van der Waals surface area contributed by atoms with E-state index in [1.807, 2.05) is 28.2 Å². The Balaban J connectivity index is -0.0000000552. The van der Waals surface area contributed by atoms with Crippen molar-refractivity contribution in [2.45, 2.75) is 43.6 Å². The second-order valence-corrected chi connectivity index (χ2v) is 8.19. The molecule has 0 aromatic rings. The molecule has 0 radical (unpaired) electrons. The first kappa shape index (κ1) is 56.8. The molecule has 0 aliphatic heterocycles. The molecule has 4 N–H and O–H groups in total. The zero-order valence-electron chi connectivity index (χ0n) is 23.7. The minimum Gasteiger partial charge on any atom is -0.412 e. The standard InChI is InChI=1S/C7H13NO2.2C6H11NO2.C5H9NO2.4CH4/c1-6(2)7(9)10-5-8(3)4;1-5(2)6(8)9-7(3)4;1-4-6(8)9-5-7(2)3;1-4-5(7)8-6(2)3;;;;/h1,5H2,2-4H3;1H2,2-4H3;4H,1,5H2,2-3H3;4H,1H2,2-3H3;4*1H4/p+4. The predicted molar refractivity (Wildman–Crippen MR) is 162 cm³/mol. The molecule has 12 nitrogen and oxygen atoms in total. The van der Waals surface area contributed by atoms with Crippen molar-refractivity contribution in [2.24, 2.45) is 0 Å². The van der Waals surface area contributed by atoms with Crippen LogP contribution in [-0.4, -0.2) is 93.7 Å². The van der Waals surface area contributed by atoms with Gasteiger partial charge in [-0.3, -0.25) is 9.68 Å². The summed E-state index contributed by atoms with van der Waals surface area (Å²) in [5.41, 5.74) is 0.873. The van der Waals surface area contributed by atoms with Gasteiger partial charge in [0.15, 0.2) is 0 Å². The average Bonchev–Trinajstić information content (AvgIpc) is 2.75. The van der Waals surface area contributed by atoms with Gasteiger partial charge in [0.25, 0.3) is 0 Å². The fourth-order valence-electron chi connectivity index (χ4n) is 1.12. The number of rotatable bonds is 10. The van der Waals surface area contributed by atoms with Crippen LogP contribution in [-0.2, 0) is 38.3 Å². The molecule has 0 rings (SSSR count). The third kappa shape index (κ3) is 55.3. The van der Waals surface area contributed by atoms with E-state index in [0.717, 1.165) is 22.0 Å². The van der Waals surface area contributed by atoms with Crippen molar-refractivity contribution in [3.8, 4) is 0 Å². The molecule has 40 heavy (non-hydrogen) atoms. The normalized spacial score (nSPS) is 8.35. The van der Waals surface area contributed by atoms with E-state index in [0.29, 0.717) is 34.7 Å². The first-order valence-corrected chi connectivity index (χ1v) is 10.9. The van der Waals surface area contributed by atoms with Crippen LogP contribution in [0.4, 0.5) is 0 Å². The number of hydrogen-bond donors (Lipinski definition) is 4. The van der Waals surface area contributed by atoms with E-state index in [1.165, 1.54) is 0 Å². The topological polar surface area (TPSA) is 123 Å². The van der Waals surface area contributed by atoms with E-state index >= 15 is 0 Å². The Morgan fingerprint density at radius 2 is 0.900 bits per heavy atom. The van der Waals surface area contributed by atoms with Gasteiger partial charge in [-0.25, -0.2) is 19.2 Å². The fraction of sp³-hybridized carbons (Fsp3) is 0.571. The van der Waals surface area contributed by atoms with Crippen molar-refractivity contribution in [3.63, 3.8) is 0 Å². The molecule has 0 fully saturated rings. The number of hydrogen-bond acceptors (Lipinski definition) is 8. The van der Waals surface area contributed by atoms with Gasteiger partial charge in [-0.05, 0) is 13.8 Å². The van der Waals surface area contributed by atoms with Crippen LogP contribution in [0.3, 0.4) is 0 Å². The maximum atomic E-state index is 10.7. The van der Waals surface area contributed by atoms with Gasteiger partial charge in [-0.15, -0.1) is 10.1 Å². The highest BCUT2D eigenvalue weighted by atomic mass is 16.7. The summed E-state index contributed by atoms with van der Waals surface area (Å²) < 4.78 is 9.45. The number of esters is 2. The summed E-state index contributed by atoms with van der Waals surface area (Å²) in [4.78, 5) is 53.3. The van der Waals surface area contributed by atoms with Crippen LogP contribution >= 0.6 is 0 Å². The average molecular weight is 585 g/mol. The minimum absolute atomic E-state index is 0. The summed E-state index contributed by atoms with van der Waals surface area (Å²) in [6, 6.07) is 0. The fourth-order valence-corrected chi connectivity index (χ4v) is 1.12. The van der Waals surface area contributed by atoms with Crippen LogP contribution in [0.25, 0.3) is 0 Å². The quantitative estimate of drug-likeness (QED) is 0.0806. The lowest BCUT2D eigenvalue weighted by Gasteiger charge is -2.06. The lowest BCUT2D eigenvalue weighted by atomic mass is 10.4. The van der Waals surface area contributed by atoms with Crippen LogP contribution in [0.15, 0.2) is 49.6 Å². The number of nitrogens with one attached hydrogen (secondary N) is 4. The molecule has 0 aromatic carbocycles. The van der Waals surface area contributed by atoms with Gasteiger partial charge in [0.05, 0.1) is 28.2 Å². The van der Waals surface area contributed by atoms with E-state index in [9.17, 15) is 19.2 Å². The smallest absolute Gasteiger partial charge is 0.392 e. The predicted octanol–water partition coefficient (Wildman–Crippen LogP) is -1.49.